The van der Waals surface area contributed by atoms with E-state index >= 15 is 0 Å². The lowest BCUT2D eigenvalue weighted by molar-refractivity contribution is 0.0716. The molecule has 7 rings (SSSR count). The molecule has 5 aromatic heterocycles. The number of rotatable bonds is 6. The Bertz CT molecular complexity index is 2030. The number of nitrogens with two attached hydrogens (primary N) is 1. The Balaban J connectivity index is 1.23. The fraction of sp³-hybridized carbons (Fsp3) is 0.194. The zero-order valence-corrected chi connectivity index (χ0v) is 24.9. The van der Waals surface area contributed by atoms with E-state index in [1.54, 1.807) is 40.6 Å². The summed E-state index contributed by atoms with van der Waals surface area (Å²) in [5.41, 5.74) is 12.2. The van der Waals surface area contributed by atoms with Crippen LogP contribution in [0.5, 0.6) is 0 Å². The molecule has 1 aliphatic heterocycles. The highest BCUT2D eigenvalue weighted by Crippen LogP contribution is 2.40. The molecule has 6 heterocycles. The molecular weight excluding hydrogens is 595 g/mol. The van der Waals surface area contributed by atoms with Gasteiger partial charge in [0.15, 0.2) is 11.5 Å². The fourth-order valence-corrected chi connectivity index (χ4v) is 6.34. The Morgan fingerprint density at radius 3 is 2.60 bits per heavy atom. The molecule has 14 heteroatoms. The van der Waals surface area contributed by atoms with E-state index in [2.05, 4.69) is 20.3 Å². The quantitative estimate of drug-likeness (QED) is 0.273. The number of nitrogen functional groups attached to an aromatic ring is 1. The minimum atomic E-state index is -0.374. The number of imidazole rings is 1. The smallest absolute Gasteiger partial charge is 0.265 e. The van der Waals surface area contributed by atoms with Crippen molar-refractivity contribution in [3.05, 3.63) is 94.6 Å². The van der Waals surface area contributed by atoms with Gasteiger partial charge in [0, 0.05) is 43.4 Å². The van der Waals surface area contributed by atoms with Crippen LogP contribution in [0.2, 0.25) is 0 Å². The highest BCUT2D eigenvalue weighted by atomic mass is 32.1. The van der Waals surface area contributed by atoms with E-state index in [4.69, 9.17) is 15.9 Å². The number of nitrogens with one attached hydrogen (secondary N) is 1. The number of hydrogen-bond donors (Lipinski definition) is 2. The maximum atomic E-state index is 13.9. The van der Waals surface area contributed by atoms with Crippen LogP contribution in [0.1, 0.15) is 44.5 Å². The van der Waals surface area contributed by atoms with Gasteiger partial charge in [-0.1, -0.05) is 0 Å². The fourth-order valence-electron chi connectivity index (χ4n) is 5.75. The third-order valence-corrected chi connectivity index (χ3v) is 8.64. The number of carbonyl (C=O) groups excluding carboxylic acids is 2. The van der Waals surface area contributed by atoms with Crippen LogP contribution in [0.25, 0.3) is 28.2 Å². The molecule has 0 radical (unpaired) electrons. The average Bonchev–Trinajstić information content (AvgIpc) is 3.80. The summed E-state index contributed by atoms with van der Waals surface area (Å²) in [7, 11) is 1.90. The molecule has 3 N–H and O–H groups in total. The number of nitrogens with zero attached hydrogens (tertiary/aromatic N) is 8. The number of aromatic nitrogens is 7. The van der Waals surface area contributed by atoms with Crippen LogP contribution >= 0.6 is 11.3 Å². The van der Waals surface area contributed by atoms with E-state index in [1.165, 1.54) is 35.7 Å². The number of anilines is 2. The van der Waals surface area contributed by atoms with Gasteiger partial charge in [-0.3, -0.25) is 19.3 Å². The Morgan fingerprint density at radius 2 is 1.87 bits per heavy atom. The first-order valence-corrected chi connectivity index (χ1v) is 15.1. The second kappa shape index (κ2) is 11.5. The van der Waals surface area contributed by atoms with Gasteiger partial charge >= 0.3 is 0 Å². The molecule has 1 fully saturated rings. The number of thiazole rings is 1. The first-order chi connectivity index (χ1) is 21.8. The van der Waals surface area contributed by atoms with Gasteiger partial charge in [0.1, 0.15) is 22.2 Å². The van der Waals surface area contributed by atoms with Crippen molar-refractivity contribution in [1.29, 1.82) is 0 Å². The third-order valence-electron chi connectivity index (χ3n) is 7.88. The third kappa shape index (κ3) is 5.51. The monoisotopic (exact) mass is 622 g/mol. The highest BCUT2D eigenvalue weighted by Gasteiger charge is 2.31. The predicted octanol–water partition coefficient (Wildman–Crippen LogP) is 4.64. The van der Waals surface area contributed by atoms with Gasteiger partial charge in [-0.15, -0.1) is 11.3 Å². The number of amides is 2. The van der Waals surface area contributed by atoms with Crippen molar-refractivity contribution in [3.8, 4) is 22.5 Å². The van der Waals surface area contributed by atoms with Gasteiger partial charge in [-0.2, -0.15) is 10.2 Å². The van der Waals surface area contributed by atoms with Crippen LogP contribution in [0.15, 0.2) is 72.6 Å². The molecule has 6 aromatic rings. The van der Waals surface area contributed by atoms with E-state index in [9.17, 15) is 14.0 Å². The molecule has 1 aromatic carbocycles. The Hall–Kier alpha value is -5.50. The van der Waals surface area contributed by atoms with Gasteiger partial charge < -0.3 is 16.0 Å². The molecule has 45 heavy (non-hydrogen) atoms. The summed E-state index contributed by atoms with van der Waals surface area (Å²) in [5, 5.41) is 12.6. The lowest BCUT2D eigenvalue weighted by Crippen LogP contribution is -2.38. The van der Waals surface area contributed by atoms with Crippen LogP contribution < -0.4 is 11.1 Å². The van der Waals surface area contributed by atoms with Gasteiger partial charge in [0.05, 0.1) is 34.9 Å². The molecule has 1 aliphatic rings. The van der Waals surface area contributed by atoms with Crippen LogP contribution in [0.4, 0.5) is 16.0 Å². The van der Waals surface area contributed by atoms with Crippen LogP contribution in [-0.2, 0) is 7.05 Å². The summed E-state index contributed by atoms with van der Waals surface area (Å²) in [6.07, 6.45) is 6.19. The number of benzene rings is 1. The molecule has 0 bridgehead atoms. The number of piperidine rings is 1. The molecule has 0 atom stereocenters. The number of likely N-dealkylation sites (tertiary alicyclic amines) is 1. The van der Waals surface area contributed by atoms with Crippen molar-refractivity contribution < 1.29 is 14.0 Å². The van der Waals surface area contributed by atoms with E-state index in [1.807, 2.05) is 28.8 Å². The van der Waals surface area contributed by atoms with Crippen molar-refractivity contribution in [1.82, 2.24) is 39.2 Å². The summed E-state index contributed by atoms with van der Waals surface area (Å²) < 4.78 is 17.3. The molecule has 1 saturated heterocycles. The Kier molecular flexibility index (Phi) is 7.25. The van der Waals surface area contributed by atoms with Crippen molar-refractivity contribution in [2.75, 3.05) is 24.1 Å². The first-order valence-electron chi connectivity index (χ1n) is 14.2. The summed E-state index contributed by atoms with van der Waals surface area (Å²) in [6, 6.07) is 13.0. The molecule has 12 nitrogen and oxygen atoms in total. The van der Waals surface area contributed by atoms with Crippen molar-refractivity contribution >= 4 is 40.4 Å². The minimum Gasteiger partial charge on any atom is -0.384 e. The highest BCUT2D eigenvalue weighted by molar-refractivity contribution is 7.11. The molecule has 2 amide bonds. The Morgan fingerprint density at radius 1 is 1.07 bits per heavy atom. The summed E-state index contributed by atoms with van der Waals surface area (Å²) in [5.74, 6) is -0.0539. The normalized spacial score (nSPS) is 13.8. The zero-order chi connectivity index (χ0) is 31.1. The maximum Gasteiger partial charge on any atom is 0.265 e. The van der Waals surface area contributed by atoms with Gasteiger partial charge in [-0.05, 0) is 61.4 Å². The van der Waals surface area contributed by atoms with Crippen molar-refractivity contribution in [2.24, 2.45) is 7.05 Å². The first kappa shape index (κ1) is 28.3. The van der Waals surface area contributed by atoms with Crippen LogP contribution in [0, 0.1) is 5.82 Å². The summed E-state index contributed by atoms with van der Waals surface area (Å²) in [6.45, 7) is 1.19. The topological polar surface area (TPSA) is 149 Å². The van der Waals surface area contributed by atoms with Crippen LogP contribution in [-0.4, -0.2) is 64.2 Å². The van der Waals surface area contributed by atoms with Gasteiger partial charge in [-0.25, -0.2) is 18.9 Å². The standard InChI is InChI=1S/C31H27FN10O2S/c1-40-29(19-9-12-41(13-10-19)31(44)23-15-34-17-45-23)27(28(39-40)18-2-4-21(32)5-3-18)22-6-7-26-36-25(16-42(26)38-22)37-30(43)20-8-11-35-24(33)14-20/h2-8,11,14-17,19H,9-10,12-13H2,1H3,(H2,33,35)(H,37,43). The number of pyridine rings is 1. The molecule has 0 spiro atoms. The second-order valence-electron chi connectivity index (χ2n) is 10.7. The number of aryl methyl sites for hydroxylation is 1. The summed E-state index contributed by atoms with van der Waals surface area (Å²) >= 11 is 1.34. The van der Waals surface area contributed by atoms with E-state index in [0.717, 1.165) is 29.7 Å². The second-order valence-corrected chi connectivity index (χ2v) is 11.6. The zero-order valence-electron chi connectivity index (χ0n) is 24.1. The van der Waals surface area contributed by atoms with Crippen LogP contribution in [0.3, 0.4) is 0 Å². The molecule has 226 valence electrons. The number of fused-ring (bicyclic) bond motifs is 1. The van der Waals surface area contributed by atoms with Gasteiger partial charge in [0.25, 0.3) is 11.8 Å². The molecule has 0 saturated carbocycles. The lowest BCUT2D eigenvalue weighted by atomic mass is 9.88. The van der Waals surface area contributed by atoms with Gasteiger partial charge in [0.2, 0.25) is 0 Å². The molecule has 0 unspecified atom stereocenters. The number of hydrogen-bond acceptors (Lipinski definition) is 9. The summed E-state index contributed by atoms with van der Waals surface area (Å²) in [4.78, 5) is 40.7. The van der Waals surface area contributed by atoms with E-state index in [0.29, 0.717) is 46.4 Å². The van der Waals surface area contributed by atoms with E-state index in [-0.39, 0.29) is 29.4 Å². The van der Waals surface area contributed by atoms with Crippen molar-refractivity contribution in [3.63, 3.8) is 0 Å². The average molecular weight is 623 g/mol. The molecule has 0 aliphatic carbocycles. The number of halogens is 1. The SMILES string of the molecule is Cn1nc(-c2ccc(F)cc2)c(-c2ccc3nc(NC(=O)c4ccnc(N)c4)cn3n2)c1C1CCN(C(=O)c2cncs2)CC1. The largest absolute Gasteiger partial charge is 0.384 e. The predicted molar refractivity (Wildman–Crippen MR) is 167 cm³/mol. The maximum absolute atomic E-state index is 13.9. The van der Waals surface area contributed by atoms with Crippen molar-refractivity contribution in [2.45, 2.75) is 18.8 Å². The lowest BCUT2D eigenvalue weighted by Gasteiger charge is -2.32. The minimum absolute atomic E-state index is 0.00398. The number of carbonyl (C=O) groups is 2. The molecular formula is C31H27FN10O2S. The Labute approximate surface area is 260 Å². The van der Waals surface area contributed by atoms with E-state index < -0.39 is 0 Å².